The molecule has 1 aliphatic heterocycles. The molecule has 9 heteroatoms. The maximum Gasteiger partial charge on any atom is 0.419 e. The number of halogens is 4. The standard InChI is InChI=1S/C16H20F4N2O2S/c1-25(23,24)21-10-12-3-2-8-22(12)15(6-7-15)11-4-5-14(17)13(9-11)16(18,19)20/h4-5,9,12,21H,2-3,6-8,10H2,1H3/t12-/m1/s1. The van der Waals surface area contributed by atoms with E-state index in [0.29, 0.717) is 24.9 Å². The van der Waals surface area contributed by atoms with Crippen molar-refractivity contribution in [1.29, 1.82) is 0 Å². The zero-order chi connectivity index (χ0) is 18.5. The molecule has 1 aromatic rings. The summed E-state index contributed by atoms with van der Waals surface area (Å²) < 4.78 is 77.7. The zero-order valence-electron chi connectivity index (χ0n) is 13.7. The first-order valence-electron chi connectivity index (χ1n) is 8.11. The highest BCUT2D eigenvalue weighted by Crippen LogP contribution is 2.54. The third kappa shape index (κ3) is 3.83. The van der Waals surface area contributed by atoms with Crippen LogP contribution >= 0.6 is 0 Å². The van der Waals surface area contributed by atoms with E-state index in [0.717, 1.165) is 31.2 Å². The van der Waals surface area contributed by atoms with Crippen LogP contribution < -0.4 is 4.72 Å². The van der Waals surface area contributed by atoms with Gasteiger partial charge in [0, 0.05) is 18.1 Å². The van der Waals surface area contributed by atoms with E-state index < -0.39 is 33.1 Å². The van der Waals surface area contributed by atoms with Crippen molar-refractivity contribution in [3.8, 4) is 0 Å². The van der Waals surface area contributed by atoms with E-state index in [1.807, 2.05) is 0 Å². The van der Waals surface area contributed by atoms with Crippen molar-refractivity contribution in [3.05, 3.63) is 35.1 Å². The number of sulfonamides is 1. The van der Waals surface area contributed by atoms with Crippen LogP contribution in [0.15, 0.2) is 18.2 Å². The molecule has 25 heavy (non-hydrogen) atoms. The average Bonchev–Trinajstić information content (AvgIpc) is 3.15. The lowest BCUT2D eigenvalue weighted by molar-refractivity contribution is -0.140. The Morgan fingerprint density at radius 2 is 2.00 bits per heavy atom. The number of benzene rings is 1. The van der Waals surface area contributed by atoms with Gasteiger partial charge >= 0.3 is 6.18 Å². The second-order valence-electron chi connectivity index (χ2n) is 6.83. The largest absolute Gasteiger partial charge is 0.419 e. The molecule has 2 fully saturated rings. The van der Waals surface area contributed by atoms with Crippen LogP contribution in [-0.4, -0.2) is 38.7 Å². The van der Waals surface area contributed by atoms with E-state index in [2.05, 4.69) is 9.62 Å². The smallest absolute Gasteiger partial charge is 0.289 e. The molecule has 1 saturated heterocycles. The first kappa shape index (κ1) is 18.6. The summed E-state index contributed by atoms with van der Waals surface area (Å²) in [6.07, 6.45) is -0.660. The van der Waals surface area contributed by atoms with Crippen LogP contribution in [0, 0.1) is 5.82 Å². The molecular formula is C16H20F4N2O2S. The molecule has 1 N–H and O–H groups in total. The number of hydrogen-bond donors (Lipinski definition) is 1. The van der Waals surface area contributed by atoms with E-state index in [1.165, 1.54) is 6.07 Å². The maximum absolute atomic E-state index is 13.6. The molecule has 0 bridgehead atoms. The summed E-state index contributed by atoms with van der Waals surface area (Å²) in [7, 11) is -3.33. The van der Waals surface area contributed by atoms with Crippen LogP contribution in [0.3, 0.4) is 0 Å². The average molecular weight is 380 g/mol. The summed E-state index contributed by atoms with van der Waals surface area (Å²) in [4.78, 5) is 2.08. The monoisotopic (exact) mass is 380 g/mol. The van der Waals surface area contributed by atoms with E-state index in [1.54, 1.807) is 0 Å². The van der Waals surface area contributed by atoms with Gasteiger partial charge in [0.2, 0.25) is 10.0 Å². The summed E-state index contributed by atoms with van der Waals surface area (Å²) >= 11 is 0. The zero-order valence-corrected chi connectivity index (χ0v) is 14.6. The Morgan fingerprint density at radius 3 is 2.56 bits per heavy atom. The van der Waals surface area contributed by atoms with Gasteiger partial charge in [0.05, 0.1) is 11.8 Å². The molecule has 4 nitrogen and oxygen atoms in total. The van der Waals surface area contributed by atoms with Crippen LogP contribution in [0.5, 0.6) is 0 Å². The fourth-order valence-electron chi connectivity index (χ4n) is 3.75. The minimum Gasteiger partial charge on any atom is -0.289 e. The first-order valence-corrected chi connectivity index (χ1v) is 10.0. The Kier molecular flexibility index (Phi) is 4.62. The molecule has 0 spiro atoms. The molecule has 0 radical (unpaired) electrons. The van der Waals surface area contributed by atoms with Crippen LogP contribution in [-0.2, 0) is 21.7 Å². The van der Waals surface area contributed by atoms with Gasteiger partial charge < -0.3 is 0 Å². The molecule has 1 aliphatic carbocycles. The summed E-state index contributed by atoms with van der Waals surface area (Å²) in [5, 5.41) is 0. The predicted octanol–water partition coefficient (Wildman–Crippen LogP) is 2.85. The van der Waals surface area contributed by atoms with E-state index >= 15 is 0 Å². The normalized spacial score (nSPS) is 23.8. The van der Waals surface area contributed by atoms with Crippen LogP contribution in [0.1, 0.15) is 36.8 Å². The third-order valence-corrected chi connectivity index (χ3v) is 5.73. The Morgan fingerprint density at radius 1 is 1.32 bits per heavy atom. The SMILES string of the molecule is CS(=O)(=O)NC[C@H]1CCCN1C1(c2ccc(F)c(C(F)(F)F)c2)CC1. The quantitative estimate of drug-likeness (QED) is 0.800. The van der Waals surface area contributed by atoms with E-state index in [4.69, 9.17) is 0 Å². The van der Waals surface area contributed by atoms with E-state index in [9.17, 15) is 26.0 Å². The minimum absolute atomic E-state index is 0.0726. The van der Waals surface area contributed by atoms with Gasteiger partial charge in [-0.15, -0.1) is 0 Å². The van der Waals surface area contributed by atoms with E-state index in [-0.39, 0.29) is 12.6 Å². The minimum atomic E-state index is -4.74. The summed E-state index contributed by atoms with van der Waals surface area (Å²) in [5.41, 5.74) is -1.35. The molecule has 1 aromatic carbocycles. The molecule has 0 amide bonds. The van der Waals surface area contributed by atoms with Crippen LogP contribution in [0.4, 0.5) is 17.6 Å². The second kappa shape index (κ2) is 6.21. The van der Waals surface area contributed by atoms with Crippen molar-refractivity contribution in [3.63, 3.8) is 0 Å². The number of hydrogen-bond acceptors (Lipinski definition) is 3. The highest BCUT2D eigenvalue weighted by atomic mass is 32.2. The lowest BCUT2D eigenvalue weighted by atomic mass is 9.99. The van der Waals surface area contributed by atoms with Crippen LogP contribution in [0.25, 0.3) is 0 Å². The molecule has 1 saturated carbocycles. The number of rotatable bonds is 5. The van der Waals surface area contributed by atoms with Gasteiger partial charge in [0.15, 0.2) is 0 Å². The Bertz CT molecular complexity index is 760. The molecule has 1 atom stereocenters. The predicted molar refractivity (Wildman–Crippen MR) is 84.9 cm³/mol. The highest BCUT2D eigenvalue weighted by Gasteiger charge is 2.53. The molecule has 0 aromatic heterocycles. The first-order chi connectivity index (χ1) is 11.5. The van der Waals surface area contributed by atoms with Gasteiger partial charge in [-0.05, 0) is 49.9 Å². The second-order valence-corrected chi connectivity index (χ2v) is 8.67. The van der Waals surface area contributed by atoms with Gasteiger partial charge in [0.25, 0.3) is 0 Å². The molecule has 3 rings (SSSR count). The van der Waals surface area contributed by atoms with Gasteiger partial charge in [-0.2, -0.15) is 13.2 Å². The fraction of sp³-hybridized carbons (Fsp3) is 0.625. The summed E-state index contributed by atoms with van der Waals surface area (Å²) in [5.74, 6) is -1.27. The molecule has 1 heterocycles. The topological polar surface area (TPSA) is 49.4 Å². The van der Waals surface area contributed by atoms with Crippen molar-refractivity contribution < 1.29 is 26.0 Å². The lowest BCUT2D eigenvalue weighted by Gasteiger charge is -2.34. The molecule has 0 unspecified atom stereocenters. The highest BCUT2D eigenvalue weighted by molar-refractivity contribution is 7.88. The lowest BCUT2D eigenvalue weighted by Crippen LogP contribution is -2.45. The van der Waals surface area contributed by atoms with Gasteiger partial charge in [0.1, 0.15) is 5.82 Å². The Balaban J connectivity index is 1.87. The van der Waals surface area contributed by atoms with Gasteiger partial charge in [-0.1, -0.05) is 6.07 Å². The molecule has 140 valence electrons. The summed E-state index contributed by atoms with van der Waals surface area (Å²) in [6, 6.07) is 3.12. The number of likely N-dealkylation sites (tertiary alicyclic amines) is 1. The van der Waals surface area contributed by atoms with Crippen molar-refractivity contribution in [2.24, 2.45) is 0 Å². The molecule has 2 aliphatic rings. The summed E-state index contributed by atoms with van der Waals surface area (Å²) in [6.45, 7) is 0.919. The number of nitrogens with zero attached hydrogens (tertiary/aromatic N) is 1. The Labute approximate surface area is 144 Å². The van der Waals surface area contributed by atoms with Crippen molar-refractivity contribution >= 4 is 10.0 Å². The maximum atomic E-state index is 13.6. The van der Waals surface area contributed by atoms with Gasteiger partial charge in [-0.3, -0.25) is 4.90 Å². The van der Waals surface area contributed by atoms with Crippen molar-refractivity contribution in [2.75, 3.05) is 19.3 Å². The van der Waals surface area contributed by atoms with Crippen LogP contribution in [0.2, 0.25) is 0 Å². The van der Waals surface area contributed by atoms with Crippen molar-refractivity contribution in [1.82, 2.24) is 9.62 Å². The Hall–Kier alpha value is -1.19. The molecular weight excluding hydrogens is 360 g/mol. The third-order valence-electron chi connectivity index (χ3n) is 5.04. The fourth-order valence-corrected chi connectivity index (χ4v) is 4.25. The van der Waals surface area contributed by atoms with Gasteiger partial charge in [-0.25, -0.2) is 17.5 Å². The number of nitrogens with one attached hydrogen (secondary N) is 1. The number of alkyl halides is 3. The van der Waals surface area contributed by atoms with Crippen molar-refractivity contribution in [2.45, 2.75) is 43.4 Å².